The molecule has 0 saturated carbocycles. The van der Waals surface area contributed by atoms with Gasteiger partial charge in [-0.2, -0.15) is 0 Å². The quantitative estimate of drug-likeness (QED) is 0.849. The Hall–Kier alpha value is -2.37. The van der Waals surface area contributed by atoms with Crippen molar-refractivity contribution in [1.29, 1.82) is 0 Å². The normalized spacial score (nSPS) is 22.7. The van der Waals surface area contributed by atoms with Crippen LogP contribution in [0.2, 0.25) is 0 Å². The number of fused-ring (bicyclic) bond motifs is 3. The molecule has 0 aliphatic carbocycles. The lowest BCUT2D eigenvalue weighted by atomic mass is 9.94. The third-order valence-electron chi connectivity index (χ3n) is 4.63. The molecule has 2 atom stereocenters. The fourth-order valence-corrected chi connectivity index (χ4v) is 3.37. The maximum atomic E-state index is 10.9. The summed E-state index contributed by atoms with van der Waals surface area (Å²) >= 11 is 0. The minimum atomic E-state index is -0.791. The number of hydrogen-bond donors (Lipinski definition) is 2. The number of aromatic hydroxyl groups is 1. The molecule has 2 N–H and O–H groups in total. The molecule has 0 amide bonds. The van der Waals surface area contributed by atoms with Crippen molar-refractivity contribution in [3.63, 3.8) is 0 Å². The van der Waals surface area contributed by atoms with Gasteiger partial charge in [-0.1, -0.05) is 24.3 Å². The van der Waals surface area contributed by atoms with Crippen LogP contribution in [-0.2, 0) is 13.0 Å². The van der Waals surface area contributed by atoms with Gasteiger partial charge in [0.1, 0.15) is 6.23 Å². The Bertz CT molecular complexity index is 788. The predicted octanol–water partition coefficient (Wildman–Crippen LogP) is 2.53. The van der Waals surface area contributed by atoms with E-state index in [9.17, 15) is 10.2 Å². The Morgan fingerprint density at radius 3 is 2.78 bits per heavy atom. The number of nitrogens with zero attached hydrogens (tertiary/aromatic N) is 2. The summed E-state index contributed by atoms with van der Waals surface area (Å²) in [6.45, 7) is 0.663. The van der Waals surface area contributed by atoms with E-state index >= 15 is 0 Å². The molecule has 0 radical (unpaired) electrons. The van der Waals surface area contributed by atoms with Crippen molar-refractivity contribution in [3.8, 4) is 11.5 Å². The van der Waals surface area contributed by atoms with Crippen LogP contribution < -0.4 is 4.74 Å². The molecule has 2 aromatic rings. The van der Waals surface area contributed by atoms with E-state index in [-0.39, 0.29) is 11.8 Å². The maximum absolute atomic E-state index is 10.9. The van der Waals surface area contributed by atoms with E-state index in [0.717, 1.165) is 6.42 Å². The maximum Gasteiger partial charge on any atom is 0.161 e. The number of aliphatic imine (C=N–C) groups is 1. The summed E-state index contributed by atoms with van der Waals surface area (Å²) in [6.07, 6.45) is 1.88. The Morgan fingerprint density at radius 1 is 1.22 bits per heavy atom. The summed E-state index contributed by atoms with van der Waals surface area (Å²) in [5.74, 6) is 0.368. The fourth-order valence-electron chi connectivity index (χ4n) is 3.37. The van der Waals surface area contributed by atoms with E-state index < -0.39 is 6.23 Å². The van der Waals surface area contributed by atoms with Gasteiger partial charge in [0.25, 0.3) is 0 Å². The molecular formula is C18H18N2O3. The van der Waals surface area contributed by atoms with Gasteiger partial charge in [-0.3, -0.25) is 9.89 Å². The fraction of sp³-hybridized carbons (Fsp3) is 0.278. The third kappa shape index (κ3) is 2.29. The van der Waals surface area contributed by atoms with Crippen LogP contribution >= 0.6 is 0 Å². The second kappa shape index (κ2) is 5.37. The number of aliphatic hydroxyl groups excluding tert-OH is 1. The van der Waals surface area contributed by atoms with E-state index in [1.54, 1.807) is 12.1 Å². The summed E-state index contributed by atoms with van der Waals surface area (Å²) < 4.78 is 5.16. The SMILES string of the molecule is COc1cc2c(cc1O)N=C[C@@H]1Cc3ccccc3CN1C2O. The molecule has 2 aliphatic heterocycles. The van der Waals surface area contributed by atoms with Gasteiger partial charge in [0.15, 0.2) is 11.5 Å². The zero-order valence-corrected chi connectivity index (χ0v) is 12.8. The third-order valence-corrected chi connectivity index (χ3v) is 4.63. The number of benzene rings is 2. The lowest BCUT2D eigenvalue weighted by Gasteiger charge is -2.37. The molecule has 0 aromatic heterocycles. The first-order valence-electron chi connectivity index (χ1n) is 7.63. The smallest absolute Gasteiger partial charge is 0.161 e. The standard InChI is InChI=1S/C18H18N2O3/c1-23-17-7-14-15(8-16(17)21)19-9-13-6-11-4-2-3-5-12(11)10-20(13)18(14)22/h2-5,7-9,13,18,21-22H,6,10H2,1H3/t13-,18?/m0/s1. The average molecular weight is 310 g/mol. The Balaban J connectivity index is 1.78. The van der Waals surface area contributed by atoms with Gasteiger partial charge in [0, 0.05) is 24.4 Å². The van der Waals surface area contributed by atoms with E-state index in [0.29, 0.717) is 23.5 Å². The largest absolute Gasteiger partial charge is 0.504 e. The predicted molar refractivity (Wildman–Crippen MR) is 87.2 cm³/mol. The van der Waals surface area contributed by atoms with Gasteiger partial charge in [-0.15, -0.1) is 0 Å². The van der Waals surface area contributed by atoms with Crippen molar-refractivity contribution in [3.05, 3.63) is 53.1 Å². The van der Waals surface area contributed by atoms with Gasteiger partial charge in [0.2, 0.25) is 0 Å². The van der Waals surface area contributed by atoms with Crippen molar-refractivity contribution >= 4 is 11.9 Å². The van der Waals surface area contributed by atoms with Crippen LogP contribution in [0, 0.1) is 0 Å². The minimum absolute atomic E-state index is 0.0266. The number of aliphatic hydroxyl groups is 1. The zero-order valence-electron chi connectivity index (χ0n) is 12.8. The first kappa shape index (κ1) is 14.2. The molecule has 2 aromatic carbocycles. The summed E-state index contributed by atoms with van der Waals surface area (Å²) in [7, 11) is 1.49. The van der Waals surface area contributed by atoms with Crippen LogP contribution in [0.3, 0.4) is 0 Å². The Morgan fingerprint density at radius 2 is 2.00 bits per heavy atom. The first-order chi connectivity index (χ1) is 11.2. The number of methoxy groups -OCH3 is 1. The van der Waals surface area contributed by atoms with Crippen LogP contribution in [-0.4, -0.2) is 34.5 Å². The highest BCUT2D eigenvalue weighted by molar-refractivity contribution is 5.74. The van der Waals surface area contributed by atoms with Crippen molar-refractivity contribution < 1.29 is 14.9 Å². The Labute approximate surface area is 134 Å². The summed E-state index contributed by atoms with van der Waals surface area (Å²) in [5, 5.41) is 20.8. The van der Waals surface area contributed by atoms with Gasteiger partial charge < -0.3 is 14.9 Å². The summed E-state index contributed by atoms with van der Waals surface area (Å²) in [6, 6.07) is 11.5. The molecular weight excluding hydrogens is 292 g/mol. The van der Waals surface area contributed by atoms with E-state index in [1.807, 2.05) is 23.2 Å². The molecule has 4 rings (SSSR count). The molecule has 5 nitrogen and oxygen atoms in total. The van der Waals surface area contributed by atoms with E-state index in [4.69, 9.17) is 4.74 Å². The van der Waals surface area contributed by atoms with Crippen LogP contribution in [0.4, 0.5) is 5.69 Å². The van der Waals surface area contributed by atoms with Crippen LogP contribution in [0.1, 0.15) is 22.9 Å². The molecule has 0 bridgehead atoms. The van der Waals surface area contributed by atoms with Crippen LogP contribution in [0.5, 0.6) is 11.5 Å². The topological polar surface area (TPSA) is 65.3 Å². The van der Waals surface area contributed by atoms with E-state index in [2.05, 4.69) is 17.1 Å². The monoisotopic (exact) mass is 310 g/mol. The molecule has 0 spiro atoms. The van der Waals surface area contributed by atoms with Crippen LogP contribution in [0.25, 0.3) is 0 Å². The van der Waals surface area contributed by atoms with Gasteiger partial charge in [-0.05, 0) is 23.6 Å². The molecule has 118 valence electrons. The average Bonchev–Trinajstić information content (AvgIpc) is 2.70. The van der Waals surface area contributed by atoms with Gasteiger partial charge in [-0.25, -0.2) is 0 Å². The summed E-state index contributed by atoms with van der Waals surface area (Å²) in [5.41, 5.74) is 3.75. The molecule has 23 heavy (non-hydrogen) atoms. The lowest BCUT2D eigenvalue weighted by Crippen LogP contribution is -2.42. The van der Waals surface area contributed by atoms with E-state index in [1.165, 1.54) is 18.2 Å². The Kier molecular flexibility index (Phi) is 3.32. The molecule has 2 heterocycles. The van der Waals surface area contributed by atoms with Crippen molar-refractivity contribution in [2.24, 2.45) is 4.99 Å². The van der Waals surface area contributed by atoms with Crippen molar-refractivity contribution in [2.45, 2.75) is 25.2 Å². The second-order valence-corrected chi connectivity index (χ2v) is 5.95. The molecule has 2 aliphatic rings. The second-order valence-electron chi connectivity index (χ2n) is 5.95. The highest BCUT2D eigenvalue weighted by Gasteiger charge is 2.33. The van der Waals surface area contributed by atoms with Gasteiger partial charge >= 0.3 is 0 Å². The number of phenolic OH excluding ortho intramolecular Hbond substituents is 1. The number of ether oxygens (including phenoxy) is 1. The molecule has 1 unspecified atom stereocenters. The van der Waals surface area contributed by atoms with Crippen molar-refractivity contribution in [2.75, 3.05) is 7.11 Å². The molecule has 0 fully saturated rings. The van der Waals surface area contributed by atoms with Gasteiger partial charge in [0.05, 0.1) is 18.8 Å². The highest BCUT2D eigenvalue weighted by Crippen LogP contribution is 2.41. The highest BCUT2D eigenvalue weighted by atomic mass is 16.5. The number of phenols is 1. The van der Waals surface area contributed by atoms with Crippen LogP contribution in [0.15, 0.2) is 41.4 Å². The van der Waals surface area contributed by atoms with Crippen molar-refractivity contribution in [1.82, 2.24) is 4.90 Å². The molecule has 0 saturated heterocycles. The summed E-state index contributed by atoms with van der Waals surface area (Å²) in [4.78, 5) is 6.51. The lowest BCUT2D eigenvalue weighted by molar-refractivity contribution is -0.0197. The first-order valence-corrected chi connectivity index (χ1v) is 7.63. The number of rotatable bonds is 1. The number of hydrogen-bond acceptors (Lipinski definition) is 5. The minimum Gasteiger partial charge on any atom is -0.504 e. The zero-order chi connectivity index (χ0) is 16.0. The molecule has 5 heteroatoms.